The summed E-state index contributed by atoms with van der Waals surface area (Å²) in [7, 11) is 0. The van der Waals surface area contributed by atoms with E-state index in [9.17, 15) is 4.79 Å². The number of thioether (sulfide) groups is 1. The first kappa shape index (κ1) is 18.3. The number of hydrogen-bond donors (Lipinski definition) is 0. The second kappa shape index (κ2) is 7.15. The van der Waals surface area contributed by atoms with Crippen LogP contribution in [0.2, 0.25) is 0 Å². The van der Waals surface area contributed by atoms with E-state index in [-0.39, 0.29) is 5.91 Å². The molecule has 0 aliphatic carbocycles. The van der Waals surface area contributed by atoms with Gasteiger partial charge in [-0.3, -0.25) is 9.20 Å². The van der Waals surface area contributed by atoms with Crippen molar-refractivity contribution >= 4 is 34.2 Å². The molecule has 1 aliphatic heterocycles. The van der Waals surface area contributed by atoms with E-state index in [0.29, 0.717) is 17.8 Å². The first-order valence-electron chi connectivity index (χ1n) is 9.65. The van der Waals surface area contributed by atoms with Crippen LogP contribution in [-0.4, -0.2) is 43.2 Å². The zero-order valence-electron chi connectivity index (χ0n) is 16.4. The molecule has 5 nitrogen and oxygen atoms in total. The Kier molecular flexibility index (Phi) is 4.84. The van der Waals surface area contributed by atoms with Crippen molar-refractivity contribution in [3.8, 4) is 0 Å². The predicted molar refractivity (Wildman–Crippen MR) is 110 cm³/mol. The van der Waals surface area contributed by atoms with E-state index < -0.39 is 0 Å². The number of pyridine rings is 1. The minimum Gasteiger partial charge on any atom is -0.337 e. The van der Waals surface area contributed by atoms with Crippen molar-refractivity contribution in [3.05, 3.63) is 35.4 Å². The molecule has 3 heterocycles. The van der Waals surface area contributed by atoms with Gasteiger partial charge in [-0.2, -0.15) is 0 Å². The highest BCUT2D eigenvalue weighted by Gasteiger charge is 2.29. The van der Waals surface area contributed by atoms with Gasteiger partial charge in [0.25, 0.3) is 0 Å². The van der Waals surface area contributed by atoms with Crippen molar-refractivity contribution in [2.45, 2.75) is 64.2 Å². The number of aryl methyl sites for hydroxylation is 2. The number of benzene rings is 1. The van der Waals surface area contributed by atoms with Gasteiger partial charge >= 0.3 is 0 Å². The van der Waals surface area contributed by atoms with Crippen molar-refractivity contribution in [1.82, 2.24) is 19.5 Å². The van der Waals surface area contributed by atoms with Gasteiger partial charge < -0.3 is 4.90 Å². The minimum atomic E-state index is 0.198. The maximum Gasteiger partial charge on any atom is 0.233 e. The lowest BCUT2D eigenvalue weighted by atomic mass is 9.98. The van der Waals surface area contributed by atoms with E-state index in [4.69, 9.17) is 0 Å². The predicted octanol–water partition coefficient (Wildman–Crippen LogP) is 4.38. The third-order valence-electron chi connectivity index (χ3n) is 5.59. The van der Waals surface area contributed by atoms with Crippen LogP contribution < -0.4 is 0 Å². The molecule has 0 bridgehead atoms. The van der Waals surface area contributed by atoms with E-state index in [1.54, 1.807) is 0 Å². The standard InChI is InChI=1S/C21H26N4OS/c1-13-8-9-18-17(10-13)11-14(2)20-22-23-21(25(18)20)27-12-19(26)24-15(3)6-5-7-16(24)4/h8-11,15-16H,5-7,12H2,1-4H3. The number of nitrogens with zero attached hydrogens (tertiary/aromatic N) is 4. The molecule has 0 spiro atoms. The number of likely N-dealkylation sites (tertiary alicyclic amines) is 1. The maximum atomic E-state index is 12.9. The summed E-state index contributed by atoms with van der Waals surface area (Å²) < 4.78 is 2.09. The van der Waals surface area contributed by atoms with Crippen LogP contribution in [0.4, 0.5) is 0 Å². The summed E-state index contributed by atoms with van der Waals surface area (Å²) in [6.07, 6.45) is 3.40. The Hall–Kier alpha value is -2.08. The lowest BCUT2D eigenvalue weighted by Gasteiger charge is -2.39. The van der Waals surface area contributed by atoms with Crippen LogP contribution in [0.5, 0.6) is 0 Å². The zero-order valence-corrected chi connectivity index (χ0v) is 17.2. The Balaban J connectivity index is 1.64. The van der Waals surface area contributed by atoms with E-state index >= 15 is 0 Å². The summed E-state index contributed by atoms with van der Waals surface area (Å²) in [6, 6.07) is 9.20. The quantitative estimate of drug-likeness (QED) is 0.631. The SMILES string of the molecule is Cc1ccc2c(c1)cc(C)c1nnc(SCC(=O)N3C(C)CCCC3C)n12. The fraction of sp³-hybridized carbons (Fsp3) is 0.476. The van der Waals surface area contributed by atoms with Gasteiger partial charge in [0, 0.05) is 12.1 Å². The summed E-state index contributed by atoms with van der Waals surface area (Å²) in [6.45, 7) is 8.47. The van der Waals surface area contributed by atoms with Crippen molar-refractivity contribution in [3.63, 3.8) is 0 Å². The number of fused-ring (bicyclic) bond motifs is 3. The molecule has 4 rings (SSSR count). The summed E-state index contributed by atoms with van der Waals surface area (Å²) in [5, 5.41) is 10.7. The maximum absolute atomic E-state index is 12.9. The van der Waals surface area contributed by atoms with Crippen molar-refractivity contribution in [2.24, 2.45) is 0 Å². The number of carbonyl (C=O) groups is 1. The summed E-state index contributed by atoms with van der Waals surface area (Å²) in [5.74, 6) is 0.598. The average Bonchev–Trinajstić information content (AvgIpc) is 3.04. The van der Waals surface area contributed by atoms with Gasteiger partial charge in [-0.25, -0.2) is 0 Å². The van der Waals surface area contributed by atoms with Gasteiger partial charge in [0.05, 0.1) is 11.3 Å². The van der Waals surface area contributed by atoms with Crippen LogP contribution in [0, 0.1) is 13.8 Å². The molecule has 0 N–H and O–H groups in total. The number of rotatable bonds is 3. The summed E-state index contributed by atoms with van der Waals surface area (Å²) >= 11 is 1.49. The molecule has 1 saturated heterocycles. The normalized spacial score (nSPS) is 20.5. The van der Waals surface area contributed by atoms with E-state index in [1.165, 1.54) is 29.1 Å². The van der Waals surface area contributed by atoms with Crippen LogP contribution in [0.1, 0.15) is 44.2 Å². The molecule has 3 aromatic rings. The third-order valence-corrected chi connectivity index (χ3v) is 6.50. The first-order valence-corrected chi connectivity index (χ1v) is 10.6. The number of carbonyl (C=O) groups excluding carboxylic acids is 1. The Morgan fingerprint density at radius 2 is 1.89 bits per heavy atom. The smallest absolute Gasteiger partial charge is 0.233 e. The van der Waals surface area contributed by atoms with Gasteiger partial charge in [0.1, 0.15) is 0 Å². The second-order valence-corrected chi connectivity index (χ2v) is 8.69. The minimum absolute atomic E-state index is 0.198. The Morgan fingerprint density at radius 1 is 1.15 bits per heavy atom. The van der Waals surface area contributed by atoms with E-state index in [0.717, 1.165) is 34.7 Å². The Bertz CT molecular complexity index is 1000. The van der Waals surface area contributed by atoms with Gasteiger partial charge in [-0.1, -0.05) is 23.4 Å². The molecule has 2 aromatic heterocycles. The van der Waals surface area contributed by atoms with Gasteiger partial charge in [0.2, 0.25) is 5.91 Å². The lowest BCUT2D eigenvalue weighted by molar-refractivity contribution is -0.134. The summed E-state index contributed by atoms with van der Waals surface area (Å²) in [4.78, 5) is 14.9. The molecule has 1 amide bonds. The number of amides is 1. The number of piperidine rings is 1. The molecule has 1 aromatic carbocycles. The van der Waals surface area contributed by atoms with Crippen molar-refractivity contribution in [1.29, 1.82) is 0 Å². The lowest BCUT2D eigenvalue weighted by Crippen LogP contribution is -2.48. The zero-order chi connectivity index (χ0) is 19.1. The molecule has 27 heavy (non-hydrogen) atoms. The fourth-order valence-electron chi connectivity index (χ4n) is 4.24. The van der Waals surface area contributed by atoms with Crippen LogP contribution >= 0.6 is 11.8 Å². The second-order valence-electron chi connectivity index (χ2n) is 7.75. The highest BCUT2D eigenvalue weighted by atomic mass is 32.2. The highest BCUT2D eigenvalue weighted by molar-refractivity contribution is 7.99. The monoisotopic (exact) mass is 382 g/mol. The Morgan fingerprint density at radius 3 is 2.63 bits per heavy atom. The first-order chi connectivity index (χ1) is 13.0. The molecule has 1 fully saturated rings. The molecule has 0 saturated carbocycles. The molecule has 2 unspecified atom stereocenters. The van der Waals surface area contributed by atoms with Gasteiger partial charge in [0.15, 0.2) is 10.8 Å². The van der Waals surface area contributed by atoms with E-state index in [1.807, 2.05) is 0 Å². The molecule has 1 aliphatic rings. The van der Waals surface area contributed by atoms with Crippen LogP contribution in [0.25, 0.3) is 16.6 Å². The van der Waals surface area contributed by atoms with Crippen LogP contribution in [-0.2, 0) is 4.79 Å². The Labute approximate surface area is 164 Å². The van der Waals surface area contributed by atoms with E-state index in [2.05, 4.69) is 71.5 Å². The van der Waals surface area contributed by atoms with Crippen molar-refractivity contribution < 1.29 is 4.79 Å². The van der Waals surface area contributed by atoms with Gasteiger partial charge in [-0.05, 0) is 76.1 Å². The highest BCUT2D eigenvalue weighted by Crippen LogP contribution is 2.28. The molecular formula is C21H26N4OS. The van der Waals surface area contributed by atoms with Crippen molar-refractivity contribution in [2.75, 3.05) is 5.75 Å². The summed E-state index contributed by atoms with van der Waals surface area (Å²) in [5.41, 5.74) is 4.27. The molecule has 6 heteroatoms. The average molecular weight is 383 g/mol. The topological polar surface area (TPSA) is 50.5 Å². The molecule has 2 atom stereocenters. The molecular weight excluding hydrogens is 356 g/mol. The van der Waals surface area contributed by atoms with Crippen LogP contribution in [0.3, 0.4) is 0 Å². The third kappa shape index (κ3) is 3.31. The molecule has 0 radical (unpaired) electrons. The number of hydrogen-bond acceptors (Lipinski definition) is 4. The largest absolute Gasteiger partial charge is 0.337 e. The number of aromatic nitrogens is 3. The van der Waals surface area contributed by atoms with Gasteiger partial charge in [-0.15, -0.1) is 10.2 Å². The fourth-order valence-corrected chi connectivity index (χ4v) is 5.05. The molecule has 142 valence electrons. The van der Waals surface area contributed by atoms with Crippen LogP contribution in [0.15, 0.2) is 29.4 Å².